The largest absolute Gasteiger partial charge is 0.303 e. The molecular weight excluding hydrogens is 723 g/mol. The van der Waals surface area contributed by atoms with E-state index in [9.17, 15) is 0 Å². The van der Waals surface area contributed by atoms with Gasteiger partial charge in [-0.15, -0.1) is 6.42 Å². The number of benzene rings is 6. The van der Waals surface area contributed by atoms with E-state index in [-0.39, 0.29) is 5.41 Å². The van der Waals surface area contributed by atoms with E-state index in [1.54, 1.807) is 0 Å². The molecule has 1 heteroatoms. The van der Waals surface area contributed by atoms with Crippen molar-refractivity contribution in [2.24, 2.45) is 17.8 Å². The van der Waals surface area contributed by atoms with Crippen molar-refractivity contribution in [1.82, 2.24) is 0 Å². The average molecular weight is 780 g/mol. The molecule has 0 amide bonds. The summed E-state index contributed by atoms with van der Waals surface area (Å²) in [5, 5.41) is 0. The van der Waals surface area contributed by atoms with E-state index >= 15 is 0 Å². The van der Waals surface area contributed by atoms with Crippen LogP contribution in [-0.2, 0) is 5.41 Å². The van der Waals surface area contributed by atoms with Crippen LogP contribution < -0.4 is 4.90 Å². The van der Waals surface area contributed by atoms with Crippen LogP contribution in [0.4, 0.5) is 11.4 Å². The van der Waals surface area contributed by atoms with E-state index in [0.717, 1.165) is 28.9 Å². The molecule has 0 radical (unpaired) electrons. The molecule has 4 aliphatic carbocycles. The number of anilines is 2. The molecule has 0 aromatic heterocycles. The fraction of sp³-hybridized carbons (Fsp3) is 0.288. The summed E-state index contributed by atoms with van der Waals surface area (Å²) in [7, 11) is 0. The minimum atomic E-state index is -0.227. The summed E-state index contributed by atoms with van der Waals surface area (Å²) in [5.41, 5.74) is 18.7. The molecule has 0 heterocycles. The van der Waals surface area contributed by atoms with E-state index < -0.39 is 0 Å². The van der Waals surface area contributed by atoms with Gasteiger partial charge in [0.1, 0.15) is 0 Å². The number of terminal acetylenes is 1. The summed E-state index contributed by atoms with van der Waals surface area (Å²) in [6.07, 6.45) is 23.2. The summed E-state index contributed by atoms with van der Waals surface area (Å²) < 4.78 is 0. The lowest BCUT2D eigenvalue weighted by molar-refractivity contribution is 0.378. The van der Waals surface area contributed by atoms with Gasteiger partial charge in [-0.3, -0.25) is 0 Å². The number of rotatable bonds is 9. The molecule has 1 nitrogen and oxygen atoms in total. The van der Waals surface area contributed by atoms with Gasteiger partial charge in [0.05, 0.1) is 11.4 Å². The first-order chi connectivity index (χ1) is 29.4. The molecule has 298 valence electrons. The van der Waals surface area contributed by atoms with Crippen LogP contribution in [0.5, 0.6) is 0 Å². The fourth-order valence-corrected chi connectivity index (χ4v) is 11.8. The van der Waals surface area contributed by atoms with E-state index in [0.29, 0.717) is 11.8 Å². The first kappa shape index (κ1) is 38.4. The summed E-state index contributed by atoms with van der Waals surface area (Å²) in [4.78, 5) is 2.39. The number of fused-ring (bicyclic) bond motifs is 5. The van der Waals surface area contributed by atoms with Gasteiger partial charge in [0.15, 0.2) is 0 Å². The Hall–Kier alpha value is -5.84. The predicted molar refractivity (Wildman–Crippen MR) is 254 cm³/mol. The van der Waals surface area contributed by atoms with Crippen molar-refractivity contribution in [2.75, 3.05) is 4.90 Å². The summed E-state index contributed by atoms with van der Waals surface area (Å²) >= 11 is 0. The van der Waals surface area contributed by atoms with E-state index in [1.807, 2.05) is 0 Å². The highest BCUT2D eigenvalue weighted by molar-refractivity contribution is 5.91. The highest BCUT2D eigenvalue weighted by atomic mass is 15.1. The number of hydrogen-bond acceptors (Lipinski definition) is 1. The van der Waals surface area contributed by atoms with E-state index in [4.69, 9.17) is 6.42 Å². The van der Waals surface area contributed by atoms with Crippen LogP contribution in [0.1, 0.15) is 101 Å². The summed E-state index contributed by atoms with van der Waals surface area (Å²) in [6.45, 7) is 7.13. The van der Waals surface area contributed by atoms with Gasteiger partial charge in [0, 0.05) is 16.7 Å². The molecule has 3 unspecified atom stereocenters. The topological polar surface area (TPSA) is 3.24 Å². The van der Waals surface area contributed by atoms with Gasteiger partial charge in [-0.25, -0.2) is 0 Å². The molecule has 60 heavy (non-hydrogen) atoms. The number of hydrogen-bond donors (Lipinski definition) is 0. The van der Waals surface area contributed by atoms with E-state index in [2.05, 4.69) is 183 Å². The standard InChI is InChI=1S/C59H57N/c1-5-46(32-28-40(2)55-37-41-29-30-44(55)36-41)60(58-27-17-16-26-54(58)51-25-15-14-23-49(51)43-20-10-7-11-21-43)47-33-35-53-52-34-31-45(38-56(52)59(3,4)57(53)39-47)50-24-13-12-22-48(50)42-18-8-6-9-19-42/h1,6,8-9,12-19,22-28,31-35,38-39,41,43-44,55H,7,10-11,20-21,29-30,36-37H2,2-4H3/b40-28+,46-32+. The number of nitrogens with zero attached hydrogens (tertiary/aromatic N) is 1. The molecule has 6 aromatic carbocycles. The van der Waals surface area contributed by atoms with Gasteiger partial charge in [0.2, 0.25) is 0 Å². The summed E-state index contributed by atoms with van der Waals surface area (Å²) in [6, 6.07) is 51.9. The lowest BCUT2D eigenvalue weighted by atomic mass is 9.80. The van der Waals surface area contributed by atoms with Crippen LogP contribution in [0, 0.1) is 30.1 Å². The zero-order valence-corrected chi connectivity index (χ0v) is 35.6. The van der Waals surface area contributed by atoms with Crippen LogP contribution in [0.15, 0.2) is 163 Å². The Labute approximate surface area is 358 Å². The Morgan fingerprint density at radius 2 is 1.25 bits per heavy atom. The Morgan fingerprint density at radius 3 is 1.97 bits per heavy atom. The van der Waals surface area contributed by atoms with Gasteiger partial charge < -0.3 is 4.90 Å². The molecule has 4 aliphatic rings. The number of allylic oxidation sites excluding steroid dienone is 4. The molecule has 0 aliphatic heterocycles. The third-order valence-corrected chi connectivity index (χ3v) is 14.9. The molecule has 0 saturated heterocycles. The van der Waals surface area contributed by atoms with Crippen molar-refractivity contribution in [1.29, 1.82) is 0 Å². The highest BCUT2D eigenvalue weighted by Gasteiger charge is 2.40. The SMILES string of the molecule is C#C/C(=C\C=C(/C)C1CC2CCC1C2)N(c1ccc2c(c1)C(C)(C)c1cc(-c3ccccc3-c3ccccc3)ccc1-2)c1ccccc1-c1ccccc1C1CCCCC1. The van der Waals surface area contributed by atoms with Crippen molar-refractivity contribution in [3.8, 4) is 56.9 Å². The van der Waals surface area contributed by atoms with Gasteiger partial charge in [-0.1, -0.05) is 172 Å². The van der Waals surface area contributed by atoms with Crippen molar-refractivity contribution >= 4 is 11.4 Å². The Kier molecular flexibility index (Phi) is 10.2. The van der Waals surface area contributed by atoms with Gasteiger partial charge in [0.25, 0.3) is 0 Å². The lowest BCUT2D eigenvalue weighted by Crippen LogP contribution is -2.19. The first-order valence-electron chi connectivity index (χ1n) is 22.7. The normalized spacial score (nSPS) is 20.7. The van der Waals surface area contributed by atoms with Crippen molar-refractivity contribution in [3.63, 3.8) is 0 Å². The Bertz CT molecular complexity index is 2660. The van der Waals surface area contributed by atoms with Gasteiger partial charge in [-0.2, -0.15) is 0 Å². The van der Waals surface area contributed by atoms with Crippen molar-refractivity contribution in [3.05, 3.63) is 180 Å². The molecule has 3 atom stereocenters. The van der Waals surface area contributed by atoms with E-state index in [1.165, 1.54) is 125 Å². The predicted octanol–water partition coefficient (Wildman–Crippen LogP) is 16.1. The average Bonchev–Trinajstić information content (AvgIpc) is 4.01. The molecule has 6 aromatic rings. The smallest absolute Gasteiger partial charge is 0.0967 e. The molecule has 10 rings (SSSR count). The minimum absolute atomic E-state index is 0.227. The molecule has 0 N–H and O–H groups in total. The maximum Gasteiger partial charge on any atom is 0.0967 e. The molecule has 3 saturated carbocycles. The van der Waals surface area contributed by atoms with Crippen LogP contribution >= 0.6 is 0 Å². The van der Waals surface area contributed by atoms with Crippen LogP contribution in [0.25, 0.3) is 44.5 Å². The number of para-hydroxylation sites is 1. The maximum absolute atomic E-state index is 6.66. The Balaban J connectivity index is 1.09. The van der Waals surface area contributed by atoms with Crippen LogP contribution in [0.2, 0.25) is 0 Å². The third kappa shape index (κ3) is 6.85. The third-order valence-electron chi connectivity index (χ3n) is 14.9. The second kappa shape index (κ2) is 16.0. The first-order valence-corrected chi connectivity index (χ1v) is 22.7. The fourth-order valence-electron chi connectivity index (χ4n) is 11.8. The monoisotopic (exact) mass is 779 g/mol. The zero-order chi connectivity index (χ0) is 40.8. The van der Waals surface area contributed by atoms with Crippen LogP contribution in [0.3, 0.4) is 0 Å². The second-order valence-corrected chi connectivity index (χ2v) is 18.7. The second-order valence-electron chi connectivity index (χ2n) is 18.7. The maximum atomic E-state index is 6.66. The quantitative estimate of drug-likeness (QED) is 0.104. The zero-order valence-electron chi connectivity index (χ0n) is 35.6. The summed E-state index contributed by atoms with van der Waals surface area (Å²) in [5.74, 6) is 6.21. The van der Waals surface area contributed by atoms with Crippen molar-refractivity contribution < 1.29 is 0 Å². The molecule has 0 spiro atoms. The molecular formula is C59H57N. The highest BCUT2D eigenvalue weighted by Crippen LogP contribution is 2.53. The minimum Gasteiger partial charge on any atom is -0.303 e. The van der Waals surface area contributed by atoms with Gasteiger partial charge in [-0.05, 0) is 149 Å². The van der Waals surface area contributed by atoms with Gasteiger partial charge >= 0.3 is 0 Å². The van der Waals surface area contributed by atoms with Crippen LogP contribution in [-0.4, -0.2) is 0 Å². The lowest BCUT2D eigenvalue weighted by Gasteiger charge is -2.31. The molecule has 2 bridgehead atoms. The Morgan fingerprint density at radius 1 is 0.600 bits per heavy atom. The molecule has 3 fully saturated rings. The van der Waals surface area contributed by atoms with Crippen molar-refractivity contribution in [2.45, 2.75) is 89.9 Å².